The number of rotatable bonds is 1. The second-order valence-electron chi connectivity index (χ2n) is 5.48. The van der Waals surface area contributed by atoms with Crippen molar-refractivity contribution < 1.29 is 4.79 Å². The van der Waals surface area contributed by atoms with Crippen LogP contribution in [0.25, 0.3) is 0 Å². The number of aromatic amines is 1. The van der Waals surface area contributed by atoms with Gasteiger partial charge in [0.1, 0.15) is 0 Å². The molecule has 0 radical (unpaired) electrons. The third-order valence-electron chi connectivity index (χ3n) is 4.23. The second kappa shape index (κ2) is 4.47. The van der Waals surface area contributed by atoms with Crippen molar-refractivity contribution in [1.29, 1.82) is 0 Å². The highest BCUT2D eigenvalue weighted by atomic mass is 16.2. The Hall–Kier alpha value is -2.11. The lowest BCUT2D eigenvalue weighted by atomic mass is 10.1. The van der Waals surface area contributed by atoms with Gasteiger partial charge >= 0.3 is 0 Å². The smallest absolute Gasteiger partial charge is 0.294 e. The van der Waals surface area contributed by atoms with Crippen molar-refractivity contribution in [3.8, 4) is 0 Å². The quantitative estimate of drug-likeness (QED) is 0.855. The first-order valence-corrected chi connectivity index (χ1v) is 7.23. The predicted molar refractivity (Wildman–Crippen MR) is 73.8 cm³/mol. The van der Waals surface area contributed by atoms with Gasteiger partial charge in [0, 0.05) is 25.0 Å². The molecule has 2 aromatic heterocycles. The average Bonchev–Trinajstić information content (AvgIpc) is 3.12. The zero-order valence-corrected chi connectivity index (χ0v) is 11.3. The van der Waals surface area contributed by atoms with Crippen molar-refractivity contribution in [1.82, 2.24) is 19.7 Å². The molecule has 4 heterocycles. The van der Waals surface area contributed by atoms with Crippen LogP contribution in [0, 0.1) is 0 Å². The van der Waals surface area contributed by atoms with Crippen LogP contribution >= 0.6 is 0 Å². The molecule has 2 aromatic rings. The summed E-state index contributed by atoms with van der Waals surface area (Å²) in [6, 6.07) is 0. The molecule has 20 heavy (non-hydrogen) atoms. The first-order chi connectivity index (χ1) is 9.84. The average molecular weight is 271 g/mol. The second-order valence-corrected chi connectivity index (χ2v) is 5.48. The third kappa shape index (κ3) is 1.67. The summed E-state index contributed by atoms with van der Waals surface area (Å²) < 4.78 is 2.08. The highest BCUT2D eigenvalue weighted by molar-refractivity contribution is 6.04. The summed E-state index contributed by atoms with van der Waals surface area (Å²) in [7, 11) is 0. The van der Waals surface area contributed by atoms with Crippen molar-refractivity contribution in [2.45, 2.75) is 38.6 Å². The normalized spacial score (nSPS) is 17.7. The Labute approximate surface area is 116 Å². The Morgan fingerprint density at radius 1 is 1.15 bits per heavy atom. The number of nitrogens with one attached hydrogen (secondary N) is 1. The molecule has 0 aliphatic carbocycles. The van der Waals surface area contributed by atoms with Gasteiger partial charge in [0.2, 0.25) is 0 Å². The van der Waals surface area contributed by atoms with Crippen LogP contribution in [0.5, 0.6) is 0 Å². The number of fused-ring (bicyclic) bond motifs is 2. The van der Waals surface area contributed by atoms with E-state index in [1.807, 2.05) is 11.1 Å². The number of carbonyl (C=O) groups is 1. The number of nitrogens with zero attached hydrogens (tertiary/aromatic N) is 4. The molecule has 4 rings (SSSR count). The minimum absolute atomic E-state index is 0.000463. The highest BCUT2D eigenvalue weighted by Gasteiger charge is 2.29. The lowest BCUT2D eigenvalue weighted by Gasteiger charge is -2.26. The molecule has 1 N–H and O–H groups in total. The maximum Gasteiger partial charge on any atom is 0.294 e. The Balaban J connectivity index is 1.70. The van der Waals surface area contributed by atoms with Gasteiger partial charge in [0.15, 0.2) is 5.82 Å². The van der Waals surface area contributed by atoms with Gasteiger partial charge in [-0.05, 0) is 32.1 Å². The van der Waals surface area contributed by atoms with Crippen LogP contribution in [-0.2, 0) is 19.4 Å². The Morgan fingerprint density at radius 3 is 3.05 bits per heavy atom. The maximum atomic E-state index is 12.8. The number of hydrogen-bond donors (Lipinski definition) is 1. The number of aryl methyl sites for hydroxylation is 2. The number of aromatic nitrogens is 4. The predicted octanol–water partition coefficient (Wildman–Crippen LogP) is 1.54. The van der Waals surface area contributed by atoms with Crippen LogP contribution in [0.15, 0.2) is 12.4 Å². The van der Waals surface area contributed by atoms with Gasteiger partial charge in [-0.1, -0.05) is 0 Å². The molecule has 0 spiro atoms. The summed E-state index contributed by atoms with van der Waals surface area (Å²) in [6.45, 7) is 1.65. The van der Waals surface area contributed by atoms with E-state index in [0.717, 1.165) is 50.2 Å². The molecule has 0 bridgehead atoms. The molecule has 0 unspecified atom stereocenters. The van der Waals surface area contributed by atoms with E-state index in [1.54, 1.807) is 6.20 Å². The number of H-pyrrole nitrogens is 1. The number of amides is 1. The van der Waals surface area contributed by atoms with E-state index in [-0.39, 0.29) is 5.91 Å². The van der Waals surface area contributed by atoms with Crippen LogP contribution in [-0.4, -0.2) is 32.2 Å². The van der Waals surface area contributed by atoms with Crippen LogP contribution < -0.4 is 4.90 Å². The van der Waals surface area contributed by atoms with Crippen LogP contribution in [0.2, 0.25) is 0 Å². The lowest BCUT2D eigenvalue weighted by Crippen LogP contribution is -2.37. The zero-order valence-electron chi connectivity index (χ0n) is 11.3. The minimum atomic E-state index is 0.000463. The van der Waals surface area contributed by atoms with Crippen LogP contribution in [0.3, 0.4) is 0 Å². The lowest BCUT2D eigenvalue weighted by molar-refractivity contribution is 0.0970. The summed E-state index contributed by atoms with van der Waals surface area (Å²) in [5, 5.41) is 7.04. The summed E-state index contributed by atoms with van der Waals surface area (Å²) >= 11 is 0. The van der Waals surface area contributed by atoms with Crippen molar-refractivity contribution in [2.75, 3.05) is 11.4 Å². The molecular formula is C14H17N5O. The first kappa shape index (κ1) is 11.7. The van der Waals surface area contributed by atoms with E-state index in [2.05, 4.69) is 19.7 Å². The topological polar surface area (TPSA) is 66.8 Å². The summed E-state index contributed by atoms with van der Waals surface area (Å²) in [6.07, 6.45) is 8.86. The molecule has 0 atom stereocenters. The van der Waals surface area contributed by atoms with Gasteiger partial charge in [-0.25, -0.2) is 4.98 Å². The molecule has 2 aliphatic heterocycles. The maximum absolute atomic E-state index is 12.8. The number of hydrogen-bond acceptors (Lipinski definition) is 3. The Morgan fingerprint density at radius 2 is 2.10 bits per heavy atom. The fourth-order valence-corrected chi connectivity index (χ4v) is 3.20. The summed E-state index contributed by atoms with van der Waals surface area (Å²) in [5.41, 5.74) is 3.15. The largest absolute Gasteiger partial charge is 0.324 e. The fraction of sp³-hybridized carbons (Fsp3) is 0.500. The Bertz CT molecular complexity index is 656. The monoisotopic (exact) mass is 271 g/mol. The molecule has 0 fully saturated rings. The molecule has 0 saturated heterocycles. The van der Waals surface area contributed by atoms with Gasteiger partial charge in [0.25, 0.3) is 5.91 Å². The van der Waals surface area contributed by atoms with Crippen molar-refractivity contribution in [3.63, 3.8) is 0 Å². The molecule has 6 heteroatoms. The summed E-state index contributed by atoms with van der Waals surface area (Å²) in [4.78, 5) is 19.0. The Kier molecular flexibility index (Phi) is 2.61. The van der Waals surface area contributed by atoms with Crippen LogP contribution in [0.4, 0.5) is 5.69 Å². The highest BCUT2D eigenvalue weighted by Crippen LogP contribution is 2.27. The molecular weight excluding hydrogens is 254 g/mol. The zero-order chi connectivity index (χ0) is 13.5. The molecule has 104 valence electrons. The molecule has 2 aliphatic rings. The third-order valence-corrected chi connectivity index (χ3v) is 4.23. The van der Waals surface area contributed by atoms with Gasteiger partial charge in [0.05, 0.1) is 17.6 Å². The van der Waals surface area contributed by atoms with Crippen molar-refractivity contribution in [2.24, 2.45) is 0 Å². The number of anilines is 1. The van der Waals surface area contributed by atoms with Crippen molar-refractivity contribution in [3.05, 3.63) is 29.6 Å². The van der Waals surface area contributed by atoms with Crippen LogP contribution in [0.1, 0.15) is 41.3 Å². The van der Waals surface area contributed by atoms with E-state index in [1.165, 1.54) is 12.1 Å². The van der Waals surface area contributed by atoms with Gasteiger partial charge in [-0.2, -0.15) is 5.10 Å². The number of imidazole rings is 1. The van der Waals surface area contributed by atoms with E-state index < -0.39 is 0 Å². The van der Waals surface area contributed by atoms with E-state index in [0.29, 0.717) is 5.82 Å². The van der Waals surface area contributed by atoms with E-state index in [9.17, 15) is 4.79 Å². The molecule has 0 aromatic carbocycles. The molecule has 6 nitrogen and oxygen atoms in total. The summed E-state index contributed by atoms with van der Waals surface area (Å²) in [5.74, 6) is 0.578. The van der Waals surface area contributed by atoms with E-state index >= 15 is 0 Å². The van der Waals surface area contributed by atoms with E-state index in [4.69, 9.17) is 0 Å². The first-order valence-electron chi connectivity index (χ1n) is 7.23. The van der Waals surface area contributed by atoms with Gasteiger partial charge in [-0.3, -0.25) is 9.89 Å². The molecule has 1 amide bonds. The standard InChI is InChI=1S/C14H17N5O/c20-14(13-15-8-10-4-1-2-6-18(10)13)19-7-3-5-11-12(19)9-16-17-11/h8-9H,1-7H2,(H,16,17). The fourth-order valence-electron chi connectivity index (χ4n) is 3.20. The molecule has 0 saturated carbocycles. The van der Waals surface area contributed by atoms with Gasteiger partial charge < -0.3 is 9.47 Å². The number of carbonyl (C=O) groups excluding carboxylic acids is 1. The van der Waals surface area contributed by atoms with Crippen molar-refractivity contribution >= 4 is 11.6 Å². The van der Waals surface area contributed by atoms with Gasteiger partial charge in [-0.15, -0.1) is 0 Å². The SMILES string of the molecule is O=C(c1ncc2n1CCCC2)N1CCCc2[nH]ncc21. The minimum Gasteiger partial charge on any atom is -0.324 e.